The predicted molar refractivity (Wildman–Crippen MR) is 46.7 cm³/mol. The summed E-state index contributed by atoms with van der Waals surface area (Å²) in [4.78, 5) is 8.05. The van der Waals surface area contributed by atoms with Crippen molar-refractivity contribution in [1.82, 2.24) is 9.97 Å². The summed E-state index contributed by atoms with van der Waals surface area (Å²) in [5.74, 6) is 0. The average molecular weight is 193 g/mol. The minimum absolute atomic E-state index is 0.181. The normalized spacial score (nSPS) is 13.0. The summed E-state index contributed by atoms with van der Waals surface area (Å²) < 4.78 is 21.2. The van der Waals surface area contributed by atoms with Gasteiger partial charge in [0.1, 0.15) is 0 Å². The second-order valence-corrected chi connectivity index (χ2v) is 3.40. The Labute approximate surface area is 76.9 Å². The fraction of sp³-hybridized carbons (Fsp3) is 0. The molecule has 4 nitrogen and oxygen atoms in total. The number of hydrogen-bond acceptors (Lipinski definition) is 4. The molecule has 1 unspecified atom stereocenters. The molecule has 66 valence electrons. The minimum Gasteiger partial charge on any atom is -0.768 e. The van der Waals surface area contributed by atoms with Crippen LogP contribution >= 0.6 is 0 Å². The van der Waals surface area contributed by atoms with Crippen LogP contribution in [0.5, 0.6) is 0 Å². The van der Waals surface area contributed by atoms with Crippen LogP contribution in [-0.2, 0) is 11.1 Å². The predicted octanol–water partition coefficient (Wildman–Crippen LogP) is 0.868. The lowest BCUT2D eigenvalue weighted by Crippen LogP contribution is -1.91. The molecule has 0 saturated heterocycles. The Bertz CT molecular complexity index is 472. The maximum Gasteiger partial charge on any atom is 0.159 e. The SMILES string of the molecule is O=S([O-])c1cnc2ncccc2c1. The molecule has 0 radical (unpaired) electrons. The van der Waals surface area contributed by atoms with Crippen molar-refractivity contribution >= 4 is 22.1 Å². The van der Waals surface area contributed by atoms with Gasteiger partial charge in [-0.2, -0.15) is 0 Å². The Balaban J connectivity index is 2.69. The lowest BCUT2D eigenvalue weighted by Gasteiger charge is -2.04. The summed E-state index contributed by atoms with van der Waals surface area (Å²) in [6.45, 7) is 0. The maximum absolute atomic E-state index is 10.6. The fourth-order valence-electron chi connectivity index (χ4n) is 1.04. The molecule has 0 bridgehead atoms. The first-order chi connectivity index (χ1) is 6.27. The van der Waals surface area contributed by atoms with Gasteiger partial charge in [0.2, 0.25) is 0 Å². The Morgan fingerprint density at radius 3 is 3.00 bits per heavy atom. The van der Waals surface area contributed by atoms with Crippen molar-refractivity contribution < 1.29 is 8.76 Å². The van der Waals surface area contributed by atoms with E-state index in [4.69, 9.17) is 0 Å². The summed E-state index contributed by atoms with van der Waals surface area (Å²) in [6, 6.07) is 5.05. The van der Waals surface area contributed by atoms with Gasteiger partial charge in [0.15, 0.2) is 5.65 Å². The highest BCUT2D eigenvalue weighted by atomic mass is 32.2. The van der Waals surface area contributed by atoms with E-state index in [2.05, 4.69) is 9.97 Å². The molecular weight excluding hydrogens is 188 g/mol. The lowest BCUT2D eigenvalue weighted by molar-refractivity contribution is 0.537. The smallest absolute Gasteiger partial charge is 0.159 e. The van der Waals surface area contributed by atoms with Crippen molar-refractivity contribution in [1.29, 1.82) is 0 Å². The van der Waals surface area contributed by atoms with Crippen LogP contribution in [0.3, 0.4) is 0 Å². The average Bonchev–Trinajstić information content (AvgIpc) is 2.17. The first-order valence-electron chi connectivity index (χ1n) is 3.57. The first-order valence-corrected chi connectivity index (χ1v) is 4.65. The van der Waals surface area contributed by atoms with E-state index in [1.165, 1.54) is 6.20 Å². The molecule has 2 rings (SSSR count). The maximum atomic E-state index is 10.6. The highest BCUT2D eigenvalue weighted by Crippen LogP contribution is 2.11. The van der Waals surface area contributed by atoms with Gasteiger partial charge < -0.3 is 4.55 Å². The lowest BCUT2D eigenvalue weighted by atomic mass is 10.3. The van der Waals surface area contributed by atoms with Crippen LogP contribution in [0.25, 0.3) is 11.0 Å². The molecule has 0 aliphatic carbocycles. The van der Waals surface area contributed by atoms with E-state index in [-0.39, 0.29) is 4.90 Å². The molecule has 0 N–H and O–H groups in total. The zero-order valence-corrected chi connectivity index (χ0v) is 7.32. The molecule has 13 heavy (non-hydrogen) atoms. The third kappa shape index (κ3) is 1.56. The topological polar surface area (TPSA) is 65.9 Å². The van der Waals surface area contributed by atoms with Crippen LogP contribution in [0.15, 0.2) is 35.5 Å². The van der Waals surface area contributed by atoms with E-state index >= 15 is 0 Å². The minimum atomic E-state index is -2.23. The van der Waals surface area contributed by atoms with E-state index in [0.717, 1.165) is 5.39 Å². The van der Waals surface area contributed by atoms with E-state index in [9.17, 15) is 8.76 Å². The molecule has 0 spiro atoms. The molecule has 2 heterocycles. The summed E-state index contributed by atoms with van der Waals surface area (Å²) in [6.07, 6.45) is 2.90. The molecule has 0 fully saturated rings. The summed E-state index contributed by atoms with van der Waals surface area (Å²) in [5.41, 5.74) is 0.553. The quantitative estimate of drug-likeness (QED) is 0.630. The molecule has 2 aromatic rings. The molecule has 0 saturated carbocycles. The Morgan fingerprint density at radius 2 is 2.23 bits per heavy atom. The van der Waals surface area contributed by atoms with Crippen molar-refractivity contribution in [2.24, 2.45) is 0 Å². The highest BCUT2D eigenvalue weighted by molar-refractivity contribution is 7.79. The number of nitrogens with zero attached hydrogens (tertiary/aromatic N) is 2. The third-order valence-electron chi connectivity index (χ3n) is 1.62. The fourth-order valence-corrected chi connectivity index (χ4v) is 1.40. The van der Waals surface area contributed by atoms with Gasteiger partial charge >= 0.3 is 0 Å². The molecule has 2 aromatic heterocycles. The zero-order chi connectivity index (χ0) is 9.26. The molecular formula is C8H5N2O2S-. The Hall–Kier alpha value is -1.33. The number of aromatic nitrogens is 2. The van der Waals surface area contributed by atoms with Crippen LogP contribution in [0.2, 0.25) is 0 Å². The molecule has 1 atom stereocenters. The van der Waals surface area contributed by atoms with Gasteiger partial charge in [-0.1, -0.05) is 0 Å². The van der Waals surface area contributed by atoms with Crippen LogP contribution < -0.4 is 0 Å². The number of fused-ring (bicyclic) bond motifs is 1. The second-order valence-electron chi connectivity index (χ2n) is 2.46. The van der Waals surface area contributed by atoms with E-state index in [1.54, 1.807) is 24.4 Å². The molecule has 0 aliphatic heterocycles. The molecule has 5 heteroatoms. The van der Waals surface area contributed by atoms with Gasteiger partial charge in [0.05, 0.1) is 0 Å². The molecule has 0 aliphatic rings. The van der Waals surface area contributed by atoms with Crippen LogP contribution in [0.4, 0.5) is 0 Å². The monoisotopic (exact) mass is 193 g/mol. The first kappa shape index (κ1) is 8.28. The van der Waals surface area contributed by atoms with Crippen molar-refractivity contribution in [3.8, 4) is 0 Å². The highest BCUT2D eigenvalue weighted by Gasteiger charge is 1.97. The van der Waals surface area contributed by atoms with E-state index in [0.29, 0.717) is 5.65 Å². The van der Waals surface area contributed by atoms with E-state index < -0.39 is 11.1 Å². The van der Waals surface area contributed by atoms with E-state index in [1.807, 2.05) is 0 Å². The van der Waals surface area contributed by atoms with Crippen LogP contribution in [0.1, 0.15) is 0 Å². The van der Waals surface area contributed by atoms with Gasteiger partial charge in [-0.05, 0) is 29.3 Å². The summed E-state index contributed by atoms with van der Waals surface area (Å²) in [7, 11) is 0. The number of pyridine rings is 2. The zero-order valence-electron chi connectivity index (χ0n) is 6.51. The largest absolute Gasteiger partial charge is 0.768 e. The van der Waals surface area contributed by atoms with Gasteiger partial charge in [-0.15, -0.1) is 0 Å². The van der Waals surface area contributed by atoms with Crippen molar-refractivity contribution in [2.45, 2.75) is 4.90 Å². The Morgan fingerprint density at radius 1 is 1.38 bits per heavy atom. The van der Waals surface area contributed by atoms with Crippen molar-refractivity contribution in [2.75, 3.05) is 0 Å². The standard InChI is InChI=1S/C8H6N2O2S/c11-13(12)7-4-6-2-1-3-9-8(6)10-5-7/h1-5H,(H,11,12)/p-1. The van der Waals surface area contributed by atoms with Crippen molar-refractivity contribution in [3.05, 3.63) is 30.6 Å². The summed E-state index contributed by atoms with van der Waals surface area (Å²) in [5, 5.41) is 0.726. The van der Waals surface area contributed by atoms with Gasteiger partial charge in [0, 0.05) is 22.7 Å². The Kier molecular flexibility index (Phi) is 2.03. The van der Waals surface area contributed by atoms with Gasteiger partial charge in [0.25, 0.3) is 0 Å². The number of hydrogen-bond donors (Lipinski definition) is 0. The van der Waals surface area contributed by atoms with Gasteiger partial charge in [-0.3, -0.25) is 4.21 Å². The van der Waals surface area contributed by atoms with Crippen LogP contribution in [0, 0.1) is 0 Å². The third-order valence-corrected chi connectivity index (χ3v) is 2.23. The van der Waals surface area contributed by atoms with Crippen molar-refractivity contribution in [3.63, 3.8) is 0 Å². The van der Waals surface area contributed by atoms with Crippen LogP contribution in [-0.4, -0.2) is 18.7 Å². The van der Waals surface area contributed by atoms with Gasteiger partial charge in [-0.25, -0.2) is 9.97 Å². The second kappa shape index (κ2) is 3.20. The number of rotatable bonds is 1. The molecule has 0 aromatic carbocycles. The molecule has 0 amide bonds. The summed E-state index contributed by atoms with van der Waals surface area (Å²) >= 11 is -2.23.